The third-order valence-corrected chi connectivity index (χ3v) is 1.05. The largest absolute Gasteiger partial charge is 0.0887 e. The average Bonchev–Trinajstić information content (AvgIpc) is 1.65. The van der Waals surface area contributed by atoms with Crippen LogP contribution in [-0.2, 0) is 0 Å². The molecule has 0 aliphatic carbocycles. The number of rotatable bonds is 1. The predicted molar refractivity (Wildman–Crippen MR) is 29.7 cm³/mol. The van der Waals surface area contributed by atoms with Crippen LogP contribution in [0.4, 0.5) is 0 Å². The van der Waals surface area contributed by atoms with E-state index < -0.39 is 0 Å². The standard InChI is InChI=1S/C6H12/c1-4-6(3)5-2/h4H,5H2,1-3H3/b6-4-. The van der Waals surface area contributed by atoms with E-state index in [0.717, 1.165) is 0 Å². The number of hydrogen-bond donors (Lipinski definition) is 0. The van der Waals surface area contributed by atoms with Crippen LogP contribution in [0.5, 0.6) is 0 Å². The van der Waals surface area contributed by atoms with Gasteiger partial charge < -0.3 is 0 Å². The van der Waals surface area contributed by atoms with Crippen LogP contribution in [0.25, 0.3) is 0 Å². The van der Waals surface area contributed by atoms with Crippen molar-refractivity contribution in [2.75, 3.05) is 0 Å². The maximum atomic E-state index is 2.16. The molecular formula is C6H12. The maximum absolute atomic E-state index is 2.16. The second-order valence-corrected chi connectivity index (χ2v) is 1.49. The van der Waals surface area contributed by atoms with Gasteiger partial charge in [-0.2, -0.15) is 0 Å². The highest BCUT2D eigenvalue weighted by molar-refractivity contribution is 4.93. The quantitative estimate of drug-likeness (QED) is 0.428. The van der Waals surface area contributed by atoms with Gasteiger partial charge in [-0.05, 0) is 20.3 Å². The molecule has 0 heterocycles. The van der Waals surface area contributed by atoms with Crippen LogP contribution in [0, 0.1) is 0 Å². The van der Waals surface area contributed by atoms with Crippen molar-refractivity contribution in [2.24, 2.45) is 0 Å². The molecule has 0 radical (unpaired) electrons. The summed E-state index contributed by atoms with van der Waals surface area (Å²) >= 11 is 0. The van der Waals surface area contributed by atoms with Gasteiger partial charge in [0.2, 0.25) is 0 Å². The van der Waals surface area contributed by atoms with Crippen molar-refractivity contribution in [3.05, 3.63) is 11.6 Å². The van der Waals surface area contributed by atoms with E-state index in [1.165, 1.54) is 12.0 Å². The Morgan fingerprint density at radius 1 is 1.67 bits per heavy atom. The van der Waals surface area contributed by atoms with E-state index in [4.69, 9.17) is 0 Å². The fraction of sp³-hybridized carbons (Fsp3) is 0.667. The Hall–Kier alpha value is -0.260. The van der Waals surface area contributed by atoms with E-state index in [-0.39, 0.29) is 0 Å². The van der Waals surface area contributed by atoms with Crippen LogP contribution in [0.15, 0.2) is 11.6 Å². The van der Waals surface area contributed by atoms with E-state index in [2.05, 4.69) is 26.8 Å². The van der Waals surface area contributed by atoms with E-state index in [0.29, 0.717) is 0 Å². The molecule has 0 heteroatoms. The molecule has 0 aromatic heterocycles. The highest BCUT2D eigenvalue weighted by Crippen LogP contribution is 1.94. The Kier molecular flexibility index (Phi) is 2.82. The minimum absolute atomic E-state index is 1.19. The SMILES string of the molecule is C/C=C(/C)CC. The van der Waals surface area contributed by atoms with Crippen LogP contribution < -0.4 is 0 Å². The van der Waals surface area contributed by atoms with Gasteiger partial charge in [-0.15, -0.1) is 0 Å². The minimum Gasteiger partial charge on any atom is -0.0887 e. The van der Waals surface area contributed by atoms with Crippen LogP contribution in [0.1, 0.15) is 27.2 Å². The Labute approximate surface area is 39.9 Å². The molecule has 0 rings (SSSR count). The summed E-state index contributed by atoms with van der Waals surface area (Å²) in [7, 11) is 0. The molecule has 0 nitrogen and oxygen atoms in total. The monoisotopic (exact) mass is 84.1 g/mol. The molecule has 6 heavy (non-hydrogen) atoms. The van der Waals surface area contributed by atoms with Crippen molar-refractivity contribution in [1.82, 2.24) is 0 Å². The maximum Gasteiger partial charge on any atom is -0.0352 e. The molecule has 0 unspecified atom stereocenters. The van der Waals surface area contributed by atoms with Crippen LogP contribution in [0.2, 0.25) is 0 Å². The summed E-state index contributed by atoms with van der Waals surface area (Å²) in [4.78, 5) is 0. The van der Waals surface area contributed by atoms with Gasteiger partial charge in [0, 0.05) is 0 Å². The molecule has 0 spiro atoms. The third-order valence-electron chi connectivity index (χ3n) is 1.05. The van der Waals surface area contributed by atoms with Crippen LogP contribution in [0.3, 0.4) is 0 Å². The zero-order valence-corrected chi connectivity index (χ0v) is 4.78. The van der Waals surface area contributed by atoms with E-state index in [1.807, 2.05) is 0 Å². The second kappa shape index (κ2) is 2.95. The molecule has 0 aromatic rings. The van der Waals surface area contributed by atoms with Gasteiger partial charge in [-0.25, -0.2) is 0 Å². The smallest absolute Gasteiger partial charge is 0.0352 e. The molecular weight excluding hydrogens is 72.1 g/mol. The first-order chi connectivity index (χ1) is 2.81. The van der Waals surface area contributed by atoms with Crippen molar-refractivity contribution >= 4 is 0 Å². The number of hydrogen-bond acceptors (Lipinski definition) is 0. The molecule has 36 valence electrons. The summed E-state index contributed by atoms with van der Waals surface area (Å²) in [5.74, 6) is 0. The van der Waals surface area contributed by atoms with Gasteiger partial charge in [0.1, 0.15) is 0 Å². The van der Waals surface area contributed by atoms with Crippen molar-refractivity contribution in [3.63, 3.8) is 0 Å². The van der Waals surface area contributed by atoms with Gasteiger partial charge in [0.15, 0.2) is 0 Å². The molecule has 0 N–H and O–H groups in total. The molecule has 0 aromatic carbocycles. The van der Waals surface area contributed by atoms with E-state index >= 15 is 0 Å². The molecule has 0 saturated heterocycles. The second-order valence-electron chi connectivity index (χ2n) is 1.49. The van der Waals surface area contributed by atoms with Crippen LogP contribution >= 0.6 is 0 Å². The average molecular weight is 84.2 g/mol. The summed E-state index contributed by atoms with van der Waals surface area (Å²) in [5.41, 5.74) is 1.47. The zero-order valence-electron chi connectivity index (χ0n) is 4.78. The van der Waals surface area contributed by atoms with Crippen molar-refractivity contribution < 1.29 is 0 Å². The predicted octanol–water partition coefficient (Wildman–Crippen LogP) is 2.36. The molecule has 0 amide bonds. The lowest BCUT2D eigenvalue weighted by atomic mass is 10.2. The highest BCUT2D eigenvalue weighted by Gasteiger charge is 1.73. The normalized spacial score (nSPS) is 12.2. The summed E-state index contributed by atoms with van der Waals surface area (Å²) in [6, 6.07) is 0. The van der Waals surface area contributed by atoms with Gasteiger partial charge >= 0.3 is 0 Å². The molecule has 0 aliphatic heterocycles. The Bertz CT molecular complexity index is 51.1. The topological polar surface area (TPSA) is 0 Å². The van der Waals surface area contributed by atoms with Crippen molar-refractivity contribution in [2.45, 2.75) is 27.2 Å². The minimum atomic E-state index is 1.19. The highest BCUT2D eigenvalue weighted by atomic mass is 13.8. The summed E-state index contributed by atoms with van der Waals surface area (Å²) in [5, 5.41) is 0. The molecule has 0 aliphatic rings. The summed E-state index contributed by atoms with van der Waals surface area (Å²) in [6.07, 6.45) is 3.33. The fourth-order valence-corrected chi connectivity index (χ4v) is 0.204. The van der Waals surface area contributed by atoms with Crippen LogP contribution in [-0.4, -0.2) is 0 Å². The Morgan fingerprint density at radius 2 is 2.17 bits per heavy atom. The lowest BCUT2D eigenvalue weighted by Gasteiger charge is -1.85. The van der Waals surface area contributed by atoms with Gasteiger partial charge in [-0.1, -0.05) is 18.6 Å². The third kappa shape index (κ3) is 2.01. The first kappa shape index (κ1) is 5.74. The molecule has 0 bridgehead atoms. The van der Waals surface area contributed by atoms with Gasteiger partial charge in [0.05, 0.1) is 0 Å². The summed E-state index contributed by atoms with van der Waals surface area (Å²) in [6.45, 7) is 6.37. The molecule has 0 atom stereocenters. The van der Waals surface area contributed by atoms with E-state index in [1.54, 1.807) is 0 Å². The fourth-order valence-electron chi connectivity index (χ4n) is 0.204. The first-order valence-corrected chi connectivity index (χ1v) is 2.43. The lowest BCUT2D eigenvalue weighted by Crippen LogP contribution is -1.63. The van der Waals surface area contributed by atoms with Gasteiger partial charge in [-0.3, -0.25) is 0 Å². The number of allylic oxidation sites excluding steroid dienone is 2. The lowest BCUT2D eigenvalue weighted by molar-refractivity contribution is 1.09. The van der Waals surface area contributed by atoms with E-state index in [9.17, 15) is 0 Å². The molecule has 0 fully saturated rings. The molecule has 0 saturated carbocycles. The Balaban J connectivity index is 3.22. The van der Waals surface area contributed by atoms with Crippen molar-refractivity contribution in [3.8, 4) is 0 Å². The van der Waals surface area contributed by atoms with Gasteiger partial charge in [0.25, 0.3) is 0 Å². The zero-order chi connectivity index (χ0) is 4.99. The first-order valence-electron chi connectivity index (χ1n) is 2.43. The summed E-state index contributed by atoms with van der Waals surface area (Å²) < 4.78 is 0. The Morgan fingerprint density at radius 3 is 2.17 bits per heavy atom. The van der Waals surface area contributed by atoms with Crippen molar-refractivity contribution in [1.29, 1.82) is 0 Å².